The summed E-state index contributed by atoms with van der Waals surface area (Å²) >= 11 is 0. The Bertz CT molecular complexity index is 1380. The number of ether oxygens (including phenoxy) is 1. The van der Waals surface area contributed by atoms with E-state index in [1.54, 1.807) is 17.1 Å². The van der Waals surface area contributed by atoms with Crippen molar-refractivity contribution in [3.05, 3.63) is 60.0 Å². The molecule has 0 bridgehead atoms. The van der Waals surface area contributed by atoms with Gasteiger partial charge in [0.2, 0.25) is 0 Å². The number of carbonyl (C=O) groups excluding carboxylic acids is 1. The van der Waals surface area contributed by atoms with Crippen molar-refractivity contribution >= 4 is 5.91 Å². The highest BCUT2D eigenvalue weighted by Gasteiger charge is 2.36. The fourth-order valence-corrected chi connectivity index (χ4v) is 5.31. The van der Waals surface area contributed by atoms with Gasteiger partial charge in [0.25, 0.3) is 11.9 Å². The molecular weight excluding hydrogens is 470 g/mol. The minimum atomic E-state index is 0.0441. The second kappa shape index (κ2) is 9.37. The number of morpholine rings is 1. The smallest absolute Gasteiger partial charge is 0.257 e. The zero-order valence-electron chi connectivity index (χ0n) is 20.6. The first-order chi connectivity index (χ1) is 18.2. The fraction of sp³-hybridized carbons (Fsp3) is 0.407. The SMILES string of the molecule is O=C(c1cnn(-c2nccc(-c3ccc4cccc-4o3)n2)c1C1CC1)N1CCN(N2CCOCC2)CC1. The lowest BCUT2D eigenvalue weighted by atomic mass is 10.1. The second-order valence-electron chi connectivity index (χ2n) is 9.83. The Morgan fingerprint density at radius 1 is 0.892 bits per heavy atom. The van der Waals surface area contributed by atoms with Crippen LogP contribution in [0.3, 0.4) is 0 Å². The second-order valence-corrected chi connectivity index (χ2v) is 9.83. The molecule has 2 aromatic heterocycles. The summed E-state index contributed by atoms with van der Waals surface area (Å²) < 4.78 is 13.3. The van der Waals surface area contributed by atoms with E-state index in [1.165, 1.54) is 0 Å². The summed E-state index contributed by atoms with van der Waals surface area (Å²) in [4.78, 5) is 24.9. The third kappa shape index (κ3) is 4.30. The number of piperazine rings is 1. The van der Waals surface area contributed by atoms with Gasteiger partial charge in [-0.05, 0) is 37.1 Å². The Hall–Kier alpha value is -3.60. The molecule has 2 saturated heterocycles. The summed E-state index contributed by atoms with van der Waals surface area (Å²) in [6.07, 6.45) is 5.49. The molecule has 0 spiro atoms. The molecule has 0 aromatic carbocycles. The van der Waals surface area contributed by atoms with Gasteiger partial charge < -0.3 is 14.1 Å². The van der Waals surface area contributed by atoms with Crippen LogP contribution in [0.5, 0.6) is 0 Å². The molecule has 37 heavy (non-hydrogen) atoms. The Labute approximate surface area is 214 Å². The van der Waals surface area contributed by atoms with Crippen LogP contribution in [0, 0.1) is 0 Å². The number of hydrogen-bond acceptors (Lipinski definition) is 8. The molecule has 2 aromatic rings. The topological polar surface area (TPSA) is 92.8 Å². The maximum atomic E-state index is 13.6. The van der Waals surface area contributed by atoms with Crippen LogP contribution in [-0.2, 0) is 4.74 Å². The van der Waals surface area contributed by atoms with Crippen LogP contribution < -0.4 is 0 Å². The van der Waals surface area contributed by atoms with E-state index in [0.717, 1.165) is 69.3 Å². The third-order valence-electron chi connectivity index (χ3n) is 7.46. The first-order valence-electron chi connectivity index (χ1n) is 13.0. The highest BCUT2D eigenvalue weighted by atomic mass is 16.5. The van der Waals surface area contributed by atoms with Gasteiger partial charge >= 0.3 is 0 Å². The Balaban J connectivity index is 1.14. The van der Waals surface area contributed by atoms with Crippen molar-refractivity contribution in [2.75, 3.05) is 52.5 Å². The molecule has 0 radical (unpaired) electrons. The average molecular weight is 500 g/mol. The third-order valence-corrected chi connectivity index (χ3v) is 7.46. The number of hydrogen-bond donors (Lipinski definition) is 0. The quantitative estimate of drug-likeness (QED) is 0.414. The molecule has 3 fully saturated rings. The van der Waals surface area contributed by atoms with E-state index < -0.39 is 0 Å². The highest BCUT2D eigenvalue weighted by Crippen LogP contribution is 2.42. The largest absolute Gasteiger partial charge is 0.454 e. The van der Waals surface area contributed by atoms with Crippen LogP contribution >= 0.6 is 0 Å². The van der Waals surface area contributed by atoms with Crippen LogP contribution in [0.25, 0.3) is 28.7 Å². The van der Waals surface area contributed by atoms with E-state index in [4.69, 9.17) is 14.1 Å². The van der Waals surface area contributed by atoms with E-state index in [1.807, 2.05) is 41.3 Å². The van der Waals surface area contributed by atoms with Crippen molar-refractivity contribution in [3.63, 3.8) is 0 Å². The molecule has 2 aliphatic carbocycles. The molecule has 7 rings (SSSR count). The van der Waals surface area contributed by atoms with Crippen LogP contribution in [0.4, 0.5) is 0 Å². The molecule has 0 atom stereocenters. The zero-order valence-corrected chi connectivity index (χ0v) is 20.6. The molecule has 1 amide bonds. The van der Waals surface area contributed by atoms with Crippen molar-refractivity contribution in [2.24, 2.45) is 0 Å². The zero-order chi connectivity index (χ0) is 24.8. The Morgan fingerprint density at radius 2 is 1.70 bits per heavy atom. The lowest BCUT2D eigenvalue weighted by molar-refractivity contribution is -0.104. The molecule has 3 aliphatic heterocycles. The molecule has 10 heteroatoms. The average Bonchev–Trinajstić information content (AvgIpc) is 3.52. The van der Waals surface area contributed by atoms with Crippen LogP contribution in [0.1, 0.15) is 34.8 Å². The molecule has 0 N–H and O–H groups in total. The summed E-state index contributed by atoms with van der Waals surface area (Å²) in [6.45, 7) is 6.43. The lowest BCUT2D eigenvalue weighted by Crippen LogP contribution is -2.57. The first-order valence-corrected chi connectivity index (χ1v) is 13.0. The molecule has 1 saturated carbocycles. The standard InChI is InChI=1S/C27H29N7O3/c35-26(31-10-12-32(13-11-31)33-14-16-36-17-15-33)21-18-29-34(25(21)20-4-5-20)27-28-9-8-22(30-27)24-7-6-19-2-1-3-23(19)37-24/h1-3,6-9,18,20H,4-5,10-17H2. The Kier molecular flexibility index (Phi) is 5.72. The number of carbonyl (C=O) groups is 1. The van der Waals surface area contributed by atoms with Gasteiger partial charge in [-0.3, -0.25) is 4.79 Å². The van der Waals surface area contributed by atoms with Crippen LogP contribution in [0.15, 0.2) is 53.2 Å². The predicted octanol–water partition coefficient (Wildman–Crippen LogP) is 2.91. The number of nitrogens with zero attached hydrogens (tertiary/aromatic N) is 7. The van der Waals surface area contributed by atoms with Crippen molar-refractivity contribution in [3.8, 4) is 28.7 Å². The van der Waals surface area contributed by atoms with E-state index >= 15 is 0 Å². The number of fused-ring (bicyclic) bond motifs is 1. The summed E-state index contributed by atoms with van der Waals surface area (Å²) in [5.74, 6) is 2.28. The van der Waals surface area contributed by atoms with Crippen LogP contribution in [-0.4, -0.2) is 93.1 Å². The van der Waals surface area contributed by atoms with Gasteiger partial charge in [0.15, 0.2) is 5.76 Å². The van der Waals surface area contributed by atoms with Crippen molar-refractivity contribution in [1.82, 2.24) is 34.7 Å². The van der Waals surface area contributed by atoms with Crippen molar-refractivity contribution < 1.29 is 13.9 Å². The van der Waals surface area contributed by atoms with Gasteiger partial charge in [0, 0.05) is 56.9 Å². The summed E-state index contributed by atoms with van der Waals surface area (Å²) in [7, 11) is 0. The van der Waals surface area contributed by atoms with Crippen molar-refractivity contribution in [2.45, 2.75) is 18.8 Å². The van der Waals surface area contributed by atoms with Gasteiger partial charge in [-0.2, -0.15) is 5.10 Å². The minimum Gasteiger partial charge on any atom is -0.454 e. The number of hydrazine groups is 1. The molecule has 5 heterocycles. The summed E-state index contributed by atoms with van der Waals surface area (Å²) in [5.41, 5.74) is 3.31. The predicted molar refractivity (Wildman–Crippen MR) is 135 cm³/mol. The van der Waals surface area contributed by atoms with E-state index in [-0.39, 0.29) is 5.91 Å². The number of amides is 1. The maximum absolute atomic E-state index is 13.6. The van der Waals surface area contributed by atoms with Gasteiger partial charge in [-0.15, -0.1) is 0 Å². The maximum Gasteiger partial charge on any atom is 0.257 e. The molecule has 5 aliphatic rings. The van der Waals surface area contributed by atoms with Crippen molar-refractivity contribution in [1.29, 1.82) is 0 Å². The molecule has 0 unspecified atom stereocenters. The monoisotopic (exact) mass is 499 g/mol. The first kappa shape index (κ1) is 22.6. The molecule has 10 nitrogen and oxygen atoms in total. The number of aromatic nitrogens is 4. The fourth-order valence-electron chi connectivity index (χ4n) is 5.31. The van der Waals surface area contributed by atoms with E-state index in [0.29, 0.717) is 42.0 Å². The molecular formula is C27H29N7O3. The Morgan fingerprint density at radius 3 is 2.51 bits per heavy atom. The summed E-state index contributed by atoms with van der Waals surface area (Å²) in [5, 5.41) is 9.32. The number of rotatable bonds is 5. The highest BCUT2D eigenvalue weighted by molar-refractivity contribution is 5.95. The van der Waals surface area contributed by atoms with Gasteiger partial charge in [-0.1, -0.05) is 12.1 Å². The lowest BCUT2D eigenvalue weighted by Gasteiger charge is -2.42. The van der Waals surface area contributed by atoms with E-state index in [9.17, 15) is 4.79 Å². The van der Waals surface area contributed by atoms with Crippen LogP contribution in [0.2, 0.25) is 0 Å². The summed E-state index contributed by atoms with van der Waals surface area (Å²) in [6, 6.07) is 11.7. The normalized spacial score (nSPS) is 19.5. The van der Waals surface area contributed by atoms with Gasteiger partial charge in [0.1, 0.15) is 11.5 Å². The van der Waals surface area contributed by atoms with Gasteiger partial charge in [-0.25, -0.2) is 24.7 Å². The van der Waals surface area contributed by atoms with E-state index in [2.05, 4.69) is 20.1 Å². The van der Waals surface area contributed by atoms with Gasteiger partial charge in [0.05, 0.1) is 30.7 Å². The molecule has 190 valence electrons. The minimum absolute atomic E-state index is 0.0441.